The third kappa shape index (κ3) is 2.71. The van der Waals surface area contributed by atoms with Crippen molar-refractivity contribution < 1.29 is 28.1 Å². The predicted molar refractivity (Wildman–Crippen MR) is 72.8 cm³/mol. The van der Waals surface area contributed by atoms with Crippen molar-refractivity contribution in [2.75, 3.05) is 26.1 Å². The lowest BCUT2D eigenvalue weighted by Gasteiger charge is -2.26. The number of alkyl halides is 2. The van der Waals surface area contributed by atoms with Crippen molar-refractivity contribution in [3.63, 3.8) is 0 Å². The molecule has 1 aliphatic rings. The number of hydrogen-bond acceptors (Lipinski definition) is 7. The van der Waals surface area contributed by atoms with Crippen LogP contribution in [0.3, 0.4) is 0 Å². The molecule has 11 heteroatoms. The molecule has 1 saturated heterocycles. The second kappa shape index (κ2) is 6.26. The molecule has 1 aromatic rings. The van der Waals surface area contributed by atoms with Crippen LogP contribution in [-0.2, 0) is 4.74 Å². The van der Waals surface area contributed by atoms with E-state index in [-0.39, 0.29) is 17.0 Å². The van der Waals surface area contributed by atoms with E-state index in [2.05, 4.69) is 21.7 Å². The first-order chi connectivity index (χ1) is 10.8. The standard InChI is InChI=1S/C12H16F3N5O3/c1-5(20-10(17-2)9(16)18-11(15)19-20)7-6(14)8(22)12(3-13,4-21)23-7/h6-8,21-22H,1,3-4H2,2H3,(H2,16,18,19)/t6-,7-,8-,12+/m0/s1. The molecule has 8 nitrogen and oxygen atoms in total. The van der Waals surface area contributed by atoms with Crippen LogP contribution in [-0.4, -0.2) is 69.3 Å². The van der Waals surface area contributed by atoms with Crippen LogP contribution in [0.15, 0.2) is 11.6 Å². The number of aliphatic hydroxyl groups excluding tert-OH is 2. The van der Waals surface area contributed by atoms with Gasteiger partial charge in [-0.2, -0.15) is 9.37 Å². The molecule has 0 aliphatic carbocycles. The minimum atomic E-state index is -2.13. The minimum Gasteiger partial charge on any atom is -0.393 e. The van der Waals surface area contributed by atoms with Gasteiger partial charge in [-0.1, -0.05) is 6.58 Å². The molecule has 0 amide bonds. The lowest BCUT2D eigenvalue weighted by atomic mass is 9.97. The lowest BCUT2D eigenvalue weighted by molar-refractivity contribution is -0.113. The average molecular weight is 335 g/mol. The van der Waals surface area contributed by atoms with Crippen molar-refractivity contribution >= 4 is 11.5 Å². The van der Waals surface area contributed by atoms with Gasteiger partial charge in [0, 0.05) is 7.05 Å². The van der Waals surface area contributed by atoms with Crippen LogP contribution in [0.1, 0.15) is 0 Å². The van der Waals surface area contributed by atoms with Gasteiger partial charge in [0.1, 0.15) is 24.5 Å². The Labute approximate surface area is 128 Å². The number of nitrogens with two attached hydrogens (primary N) is 1. The second-order valence-electron chi connectivity index (χ2n) is 5.00. The lowest BCUT2D eigenvalue weighted by Crippen LogP contribution is -2.47. The highest BCUT2D eigenvalue weighted by Crippen LogP contribution is 2.37. The van der Waals surface area contributed by atoms with Crippen LogP contribution < -0.4 is 11.2 Å². The van der Waals surface area contributed by atoms with Gasteiger partial charge in [-0.15, -0.1) is 5.10 Å². The van der Waals surface area contributed by atoms with E-state index >= 15 is 0 Å². The summed E-state index contributed by atoms with van der Waals surface area (Å²) in [5, 5.41) is 22.4. The fraction of sp³-hybridized carbons (Fsp3) is 0.583. The predicted octanol–water partition coefficient (Wildman–Crippen LogP) is -1.20. The highest BCUT2D eigenvalue weighted by molar-refractivity contribution is 5.49. The molecule has 0 aromatic carbocycles. The monoisotopic (exact) mass is 335 g/mol. The molecule has 4 N–H and O–H groups in total. The molecule has 1 aromatic heterocycles. The van der Waals surface area contributed by atoms with Crippen LogP contribution in [0, 0.1) is 6.08 Å². The van der Waals surface area contributed by atoms with Crippen LogP contribution in [0.2, 0.25) is 0 Å². The maximum absolute atomic E-state index is 14.3. The Kier molecular flexibility index (Phi) is 4.73. The first-order valence-electron chi connectivity index (χ1n) is 6.52. The normalized spacial score (nSPS) is 31.6. The Hall–Kier alpha value is -1.98. The summed E-state index contributed by atoms with van der Waals surface area (Å²) in [5.41, 5.74) is 2.97. The van der Waals surface area contributed by atoms with Gasteiger partial charge in [-0.3, -0.25) is 4.99 Å². The number of anilines is 1. The van der Waals surface area contributed by atoms with Crippen molar-refractivity contribution in [1.82, 2.24) is 14.8 Å². The first kappa shape index (κ1) is 17.4. The summed E-state index contributed by atoms with van der Waals surface area (Å²) >= 11 is 0. The average Bonchev–Trinajstić information content (AvgIpc) is 2.78. The Morgan fingerprint density at radius 3 is 2.74 bits per heavy atom. The third-order valence-corrected chi connectivity index (χ3v) is 3.62. The van der Waals surface area contributed by atoms with E-state index in [1.165, 1.54) is 7.05 Å². The summed E-state index contributed by atoms with van der Waals surface area (Å²) in [6, 6.07) is 0. The number of rotatable bonds is 4. The van der Waals surface area contributed by atoms with E-state index in [0.717, 1.165) is 4.68 Å². The largest absolute Gasteiger partial charge is 0.393 e. The van der Waals surface area contributed by atoms with Crippen LogP contribution >= 0.6 is 0 Å². The Morgan fingerprint density at radius 2 is 2.26 bits per heavy atom. The fourth-order valence-electron chi connectivity index (χ4n) is 2.32. The van der Waals surface area contributed by atoms with Crippen molar-refractivity contribution in [3.8, 4) is 0 Å². The zero-order chi connectivity index (χ0) is 17.4. The smallest absolute Gasteiger partial charge is 0.328 e. The van der Waals surface area contributed by atoms with Crippen molar-refractivity contribution in [2.24, 2.45) is 4.99 Å². The van der Waals surface area contributed by atoms with Gasteiger partial charge in [-0.25, -0.2) is 13.5 Å². The van der Waals surface area contributed by atoms with Crippen molar-refractivity contribution in [3.05, 3.63) is 18.1 Å². The molecule has 0 radical (unpaired) electrons. The molecular weight excluding hydrogens is 319 g/mol. The molecule has 128 valence electrons. The van der Waals surface area contributed by atoms with Gasteiger partial charge in [0.15, 0.2) is 17.5 Å². The number of aliphatic hydroxyl groups is 2. The van der Waals surface area contributed by atoms with E-state index in [4.69, 9.17) is 10.5 Å². The van der Waals surface area contributed by atoms with Crippen molar-refractivity contribution in [2.45, 2.75) is 24.0 Å². The Bertz CT molecular complexity index is 676. The third-order valence-electron chi connectivity index (χ3n) is 3.62. The summed E-state index contributed by atoms with van der Waals surface area (Å²) in [4.78, 5) is 7.02. The van der Waals surface area contributed by atoms with E-state index in [1.807, 2.05) is 0 Å². The number of ether oxygens (including phenoxy) is 1. The highest BCUT2D eigenvalue weighted by Gasteiger charge is 2.56. The second-order valence-corrected chi connectivity index (χ2v) is 5.00. The highest BCUT2D eigenvalue weighted by atomic mass is 19.1. The van der Waals surface area contributed by atoms with Crippen LogP contribution in [0.4, 0.5) is 19.0 Å². The van der Waals surface area contributed by atoms with Gasteiger partial charge in [0.05, 0.1) is 12.3 Å². The van der Waals surface area contributed by atoms with Gasteiger partial charge in [0.2, 0.25) is 0 Å². The number of halogens is 3. The molecule has 2 heterocycles. The summed E-state index contributed by atoms with van der Waals surface area (Å²) in [6.45, 7) is 1.24. The number of aromatic nitrogens is 3. The van der Waals surface area contributed by atoms with Crippen LogP contribution in [0.25, 0.3) is 5.70 Å². The Morgan fingerprint density at radius 1 is 1.61 bits per heavy atom. The first-order valence-corrected chi connectivity index (χ1v) is 6.52. The number of hydrogen-bond donors (Lipinski definition) is 3. The summed E-state index contributed by atoms with van der Waals surface area (Å²) in [6.07, 6.45) is -6.87. The SMILES string of the molecule is C=C([C@@H]1O[C@@](CO)(CF)[C@@H](O)[C@H]1F)n1nc(F)nc(N)c1=NC. The maximum Gasteiger partial charge on any atom is 0.328 e. The summed E-state index contributed by atoms with van der Waals surface area (Å²) in [7, 11) is 1.31. The maximum atomic E-state index is 14.3. The summed E-state index contributed by atoms with van der Waals surface area (Å²) < 4.78 is 46.7. The van der Waals surface area contributed by atoms with Crippen LogP contribution in [0.5, 0.6) is 0 Å². The molecule has 0 saturated carbocycles. The summed E-state index contributed by atoms with van der Waals surface area (Å²) in [5.74, 6) is -0.325. The van der Waals surface area contributed by atoms with Gasteiger partial charge in [-0.05, 0) is 0 Å². The van der Waals surface area contributed by atoms with Gasteiger partial charge >= 0.3 is 6.08 Å². The molecule has 0 spiro atoms. The number of nitrogen functional groups attached to an aromatic ring is 1. The zero-order valence-electron chi connectivity index (χ0n) is 12.2. The minimum absolute atomic E-state index is 0.122. The van der Waals surface area contributed by atoms with E-state index in [0.29, 0.717) is 0 Å². The molecule has 4 atom stereocenters. The number of nitrogens with zero attached hydrogens (tertiary/aromatic N) is 4. The van der Waals surface area contributed by atoms with E-state index in [9.17, 15) is 23.4 Å². The molecule has 2 rings (SSSR count). The van der Waals surface area contributed by atoms with Crippen molar-refractivity contribution in [1.29, 1.82) is 0 Å². The molecular formula is C12H16F3N5O3. The van der Waals surface area contributed by atoms with Gasteiger partial charge in [0.25, 0.3) is 0 Å². The molecule has 1 aliphatic heterocycles. The quantitative estimate of drug-likeness (QED) is 0.636. The van der Waals surface area contributed by atoms with E-state index in [1.54, 1.807) is 0 Å². The molecule has 1 fully saturated rings. The topological polar surface area (TPSA) is 119 Å². The zero-order valence-corrected chi connectivity index (χ0v) is 12.2. The Balaban J connectivity index is 2.47. The fourth-order valence-corrected chi connectivity index (χ4v) is 2.32. The molecule has 23 heavy (non-hydrogen) atoms. The van der Waals surface area contributed by atoms with Gasteiger partial charge < -0.3 is 20.7 Å². The molecule has 0 unspecified atom stereocenters. The molecule has 0 bridgehead atoms. The van der Waals surface area contributed by atoms with E-state index < -0.39 is 43.3 Å².